The maximum atomic E-state index is 13.2. The first kappa shape index (κ1) is 16.8. The Morgan fingerprint density at radius 3 is 2.04 bits per heavy atom. The largest absolute Gasteiger partial charge is 0.505 e. The van der Waals surface area contributed by atoms with Gasteiger partial charge in [-0.3, -0.25) is 9.59 Å². The smallest absolute Gasteiger partial charge is 0.251 e. The number of hydrogen-bond donors (Lipinski definition) is 3. The van der Waals surface area contributed by atoms with Gasteiger partial charge >= 0.3 is 0 Å². The molecule has 0 saturated carbocycles. The number of halogens is 2. The van der Waals surface area contributed by atoms with Crippen molar-refractivity contribution in [3.05, 3.63) is 64.4 Å². The minimum absolute atomic E-state index is 0.0873. The molecule has 2 amide bonds. The fraction of sp³-hybridized carbons (Fsp3) is 0.125. The Bertz CT molecular complexity index is 720. The van der Waals surface area contributed by atoms with E-state index in [-0.39, 0.29) is 24.6 Å². The quantitative estimate of drug-likeness (QED) is 0.733. The van der Waals surface area contributed by atoms with Crippen LogP contribution < -0.4 is 10.6 Å². The topological polar surface area (TPSA) is 78.4 Å². The summed E-state index contributed by atoms with van der Waals surface area (Å²) in [5.41, 5.74) is 0.547. The van der Waals surface area contributed by atoms with Crippen molar-refractivity contribution in [2.75, 3.05) is 13.1 Å². The summed E-state index contributed by atoms with van der Waals surface area (Å²) < 4.78 is 13.2. The standard InChI is InChI=1S/C16H14ClFN2O3/c17-12-4-1-10(2-5-12)15(22)19-7-8-20-16(23)11-3-6-14(21)13(18)9-11/h1-6,9,21H,7-8H2,(H,19,22)(H,20,23). The molecule has 0 aromatic heterocycles. The summed E-state index contributed by atoms with van der Waals surface area (Å²) >= 11 is 5.74. The molecule has 0 radical (unpaired) electrons. The van der Waals surface area contributed by atoms with Crippen molar-refractivity contribution in [3.63, 3.8) is 0 Å². The normalized spacial score (nSPS) is 10.2. The molecular formula is C16H14ClFN2O3. The van der Waals surface area contributed by atoms with Crippen molar-refractivity contribution < 1.29 is 19.1 Å². The molecule has 0 saturated heterocycles. The molecule has 3 N–H and O–H groups in total. The molecule has 0 fully saturated rings. The van der Waals surface area contributed by atoms with Crippen LogP contribution in [0.25, 0.3) is 0 Å². The Morgan fingerprint density at radius 2 is 1.48 bits per heavy atom. The van der Waals surface area contributed by atoms with Crippen LogP contribution in [0, 0.1) is 5.82 Å². The van der Waals surface area contributed by atoms with Gasteiger partial charge in [0.05, 0.1) is 0 Å². The summed E-state index contributed by atoms with van der Waals surface area (Å²) in [4.78, 5) is 23.6. The first-order valence-corrected chi connectivity index (χ1v) is 7.15. The van der Waals surface area contributed by atoms with Gasteiger partial charge in [0.15, 0.2) is 11.6 Å². The molecule has 2 aromatic carbocycles. The Hall–Kier alpha value is -2.60. The summed E-state index contributed by atoms with van der Waals surface area (Å²) in [5.74, 6) is -2.17. The van der Waals surface area contributed by atoms with Crippen LogP contribution in [0.1, 0.15) is 20.7 Å². The van der Waals surface area contributed by atoms with Gasteiger partial charge in [-0.25, -0.2) is 4.39 Å². The summed E-state index contributed by atoms with van der Waals surface area (Å²) in [6.45, 7) is 0.397. The lowest BCUT2D eigenvalue weighted by molar-refractivity contribution is 0.0927. The predicted molar refractivity (Wildman–Crippen MR) is 84.2 cm³/mol. The van der Waals surface area contributed by atoms with E-state index in [2.05, 4.69) is 10.6 Å². The van der Waals surface area contributed by atoms with Crippen LogP contribution in [0.5, 0.6) is 5.75 Å². The zero-order chi connectivity index (χ0) is 16.8. The zero-order valence-electron chi connectivity index (χ0n) is 12.0. The highest BCUT2D eigenvalue weighted by Gasteiger charge is 2.09. The van der Waals surface area contributed by atoms with Gasteiger partial charge in [-0.1, -0.05) is 11.6 Å². The van der Waals surface area contributed by atoms with Crippen LogP contribution in [0.4, 0.5) is 4.39 Å². The number of benzene rings is 2. The molecule has 5 nitrogen and oxygen atoms in total. The number of rotatable bonds is 5. The molecule has 2 aromatic rings. The van der Waals surface area contributed by atoms with Crippen molar-refractivity contribution in [2.24, 2.45) is 0 Å². The third-order valence-corrected chi connectivity index (χ3v) is 3.26. The number of carbonyl (C=O) groups is 2. The van der Waals surface area contributed by atoms with Gasteiger partial charge in [0.2, 0.25) is 0 Å². The molecule has 0 unspecified atom stereocenters. The Balaban J connectivity index is 1.78. The molecule has 23 heavy (non-hydrogen) atoms. The Morgan fingerprint density at radius 1 is 0.957 bits per heavy atom. The average molecular weight is 337 g/mol. The van der Waals surface area contributed by atoms with Gasteiger partial charge in [-0.05, 0) is 42.5 Å². The SMILES string of the molecule is O=C(NCCNC(=O)c1ccc(O)c(F)c1)c1ccc(Cl)cc1. The second-order valence-corrected chi connectivity index (χ2v) is 5.12. The third kappa shape index (κ3) is 4.69. The number of amides is 2. The van der Waals surface area contributed by atoms with E-state index < -0.39 is 17.5 Å². The fourth-order valence-electron chi connectivity index (χ4n) is 1.81. The van der Waals surface area contributed by atoms with E-state index in [1.807, 2.05) is 0 Å². The van der Waals surface area contributed by atoms with Crippen LogP contribution in [0.2, 0.25) is 5.02 Å². The average Bonchev–Trinajstić information content (AvgIpc) is 2.54. The predicted octanol–water partition coefficient (Wildman–Crippen LogP) is 2.34. The summed E-state index contributed by atoms with van der Waals surface area (Å²) in [7, 11) is 0. The minimum Gasteiger partial charge on any atom is -0.505 e. The van der Waals surface area contributed by atoms with Crippen LogP contribution in [-0.4, -0.2) is 30.0 Å². The van der Waals surface area contributed by atoms with Gasteiger partial charge in [0.1, 0.15) is 0 Å². The molecule has 0 aliphatic heterocycles. The van der Waals surface area contributed by atoms with E-state index in [0.29, 0.717) is 10.6 Å². The Kier molecular flexibility index (Phi) is 5.54. The van der Waals surface area contributed by atoms with Gasteiger partial charge < -0.3 is 15.7 Å². The lowest BCUT2D eigenvalue weighted by Gasteiger charge is -2.08. The highest BCUT2D eigenvalue weighted by Crippen LogP contribution is 2.15. The van der Waals surface area contributed by atoms with Gasteiger partial charge in [0, 0.05) is 29.2 Å². The van der Waals surface area contributed by atoms with Crippen molar-refractivity contribution in [3.8, 4) is 5.75 Å². The molecule has 0 aliphatic rings. The maximum absolute atomic E-state index is 13.2. The number of hydrogen-bond acceptors (Lipinski definition) is 3. The molecule has 7 heteroatoms. The van der Waals surface area contributed by atoms with Crippen molar-refractivity contribution in [1.82, 2.24) is 10.6 Å². The fourth-order valence-corrected chi connectivity index (χ4v) is 1.93. The lowest BCUT2D eigenvalue weighted by atomic mass is 10.2. The molecule has 2 rings (SSSR count). The van der Waals surface area contributed by atoms with Gasteiger partial charge in [0.25, 0.3) is 11.8 Å². The molecule has 0 atom stereocenters. The summed E-state index contributed by atoms with van der Waals surface area (Å²) in [6.07, 6.45) is 0. The molecule has 0 heterocycles. The zero-order valence-corrected chi connectivity index (χ0v) is 12.7. The first-order valence-electron chi connectivity index (χ1n) is 6.78. The number of phenolic OH excluding ortho intramolecular Hbond substituents is 1. The minimum atomic E-state index is -0.867. The van der Waals surface area contributed by atoms with E-state index in [1.54, 1.807) is 24.3 Å². The maximum Gasteiger partial charge on any atom is 0.251 e. The molecule has 120 valence electrons. The summed E-state index contributed by atoms with van der Waals surface area (Å²) in [6, 6.07) is 9.75. The third-order valence-electron chi connectivity index (χ3n) is 3.01. The van der Waals surface area contributed by atoms with E-state index >= 15 is 0 Å². The monoisotopic (exact) mass is 336 g/mol. The highest BCUT2D eigenvalue weighted by atomic mass is 35.5. The first-order chi connectivity index (χ1) is 11.0. The van der Waals surface area contributed by atoms with E-state index in [1.165, 1.54) is 6.07 Å². The van der Waals surface area contributed by atoms with Crippen LogP contribution in [0.15, 0.2) is 42.5 Å². The van der Waals surface area contributed by atoms with Gasteiger partial charge in [-0.15, -0.1) is 0 Å². The van der Waals surface area contributed by atoms with Crippen LogP contribution in [-0.2, 0) is 0 Å². The molecule has 0 spiro atoms. The lowest BCUT2D eigenvalue weighted by Crippen LogP contribution is -2.34. The van der Waals surface area contributed by atoms with E-state index in [0.717, 1.165) is 12.1 Å². The number of phenols is 1. The Labute approximate surface area is 137 Å². The highest BCUT2D eigenvalue weighted by molar-refractivity contribution is 6.30. The molecule has 0 aliphatic carbocycles. The van der Waals surface area contributed by atoms with Gasteiger partial charge in [-0.2, -0.15) is 0 Å². The second kappa shape index (κ2) is 7.60. The van der Waals surface area contributed by atoms with Crippen molar-refractivity contribution >= 4 is 23.4 Å². The van der Waals surface area contributed by atoms with Crippen molar-refractivity contribution in [2.45, 2.75) is 0 Å². The second-order valence-electron chi connectivity index (χ2n) is 4.68. The van der Waals surface area contributed by atoms with Crippen LogP contribution in [0.3, 0.4) is 0 Å². The summed E-state index contributed by atoms with van der Waals surface area (Å²) in [5, 5.41) is 14.8. The van der Waals surface area contributed by atoms with E-state index in [4.69, 9.17) is 16.7 Å². The van der Waals surface area contributed by atoms with Crippen molar-refractivity contribution in [1.29, 1.82) is 0 Å². The number of aromatic hydroxyl groups is 1. The van der Waals surface area contributed by atoms with E-state index in [9.17, 15) is 14.0 Å². The number of nitrogens with one attached hydrogen (secondary N) is 2. The van der Waals surface area contributed by atoms with Crippen LogP contribution >= 0.6 is 11.6 Å². The number of carbonyl (C=O) groups excluding carboxylic acids is 2. The molecular weight excluding hydrogens is 323 g/mol. The molecule has 0 bridgehead atoms.